The molecule has 0 nitrogen and oxygen atoms in total. The molecule has 2 unspecified atom stereocenters. The molecule has 35 heavy (non-hydrogen) atoms. The Balaban J connectivity index is 0.000000949. The van der Waals surface area contributed by atoms with Crippen molar-refractivity contribution in [2.24, 2.45) is 11.8 Å². The summed E-state index contributed by atoms with van der Waals surface area (Å²) in [6, 6.07) is 14.0. The molecule has 0 spiro atoms. The van der Waals surface area contributed by atoms with E-state index in [1.807, 2.05) is 27.7 Å². The molecule has 2 aromatic rings. The standard InChI is InChI=1S/C29H36.2C2H6.C2H2/c1-7-19(4)28(27-17-22(27)8-2)29-25(23-12-9-18(3)10-13-23)16-15-24-21(6)20(5)11-14-26(24)29;3*1-2/h9-14,22,27H,7-8,15-17H2,1-6H3;2*1-2H3;1-2H/b28-19-;;;. The first-order valence-corrected chi connectivity index (χ1v) is 13.9. The minimum atomic E-state index is 0.753. The van der Waals surface area contributed by atoms with Gasteiger partial charge in [0.05, 0.1) is 0 Å². The molecule has 4 rings (SSSR count). The van der Waals surface area contributed by atoms with Crippen LogP contribution in [0.2, 0.25) is 0 Å². The Bertz CT molecular complexity index is 1020. The van der Waals surface area contributed by atoms with Gasteiger partial charge in [-0.3, -0.25) is 0 Å². The summed E-state index contributed by atoms with van der Waals surface area (Å²) in [4.78, 5) is 0. The SMILES string of the molecule is C#C.CC.CC.CC/C(C)=C(\C1=C(c2ccc(C)cc2)CCc2c1ccc(C)c2C)C1CC1CC. The highest BCUT2D eigenvalue weighted by Gasteiger charge is 2.41. The summed E-state index contributed by atoms with van der Waals surface area (Å²) in [5.74, 6) is 1.62. The second kappa shape index (κ2) is 14.8. The minimum Gasteiger partial charge on any atom is -0.124 e. The van der Waals surface area contributed by atoms with Crippen LogP contribution in [-0.4, -0.2) is 0 Å². The first kappa shape index (κ1) is 30.5. The molecule has 2 aromatic carbocycles. The van der Waals surface area contributed by atoms with Gasteiger partial charge in [-0.2, -0.15) is 0 Å². The van der Waals surface area contributed by atoms with E-state index in [2.05, 4.69) is 90.8 Å². The van der Waals surface area contributed by atoms with Crippen LogP contribution in [0.15, 0.2) is 47.5 Å². The molecule has 1 fully saturated rings. The van der Waals surface area contributed by atoms with E-state index < -0.39 is 0 Å². The normalized spacial score (nSPS) is 18.4. The number of allylic oxidation sites excluding steroid dienone is 4. The molecular formula is C35H50. The Morgan fingerprint density at radius 1 is 0.857 bits per heavy atom. The number of terminal acetylenes is 1. The van der Waals surface area contributed by atoms with Gasteiger partial charge in [-0.05, 0) is 110 Å². The molecule has 0 aromatic heterocycles. The van der Waals surface area contributed by atoms with Crippen molar-refractivity contribution in [1.29, 1.82) is 0 Å². The third kappa shape index (κ3) is 6.79. The van der Waals surface area contributed by atoms with E-state index in [0.717, 1.165) is 31.1 Å². The fourth-order valence-electron chi connectivity index (χ4n) is 5.28. The Hall–Kier alpha value is -2.52. The lowest BCUT2D eigenvalue weighted by atomic mass is 9.75. The highest BCUT2D eigenvalue weighted by molar-refractivity contribution is 6.01. The van der Waals surface area contributed by atoms with Crippen molar-refractivity contribution < 1.29 is 0 Å². The molecule has 0 saturated heterocycles. The maximum Gasteiger partial charge on any atom is -0.0108 e. The zero-order valence-electron chi connectivity index (χ0n) is 24.3. The Kier molecular flexibility index (Phi) is 12.9. The van der Waals surface area contributed by atoms with Crippen LogP contribution in [0.1, 0.15) is 108 Å². The van der Waals surface area contributed by atoms with E-state index in [-0.39, 0.29) is 0 Å². The van der Waals surface area contributed by atoms with Crippen LogP contribution >= 0.6 is 0 Å². The van der Waals surface area contributed by atoms with Crippen LogP contribution in [0.4, 0.5) is 0 Å². The van der Waals surface area contributed by atoms with Crippen molar-refractivity contribution in [3.05, 3.63) is 80.9 Å². The maximum atomic E-state index is 4.00. The molecular weight excluding hydrogens is 420 g/mol. The number of aryl methyl sites for hydroxylation is 2. The number of rotatable bonds is 5. The number of fused-ring (bicyclic) bond motifs is 1. The molecule has 0 radical (unpaired) electrons. The second-order valence-corrected chi connectivity index (χ2v) is 9.31. The van der Waals surface area contributed by atoms with Crippen molar-refractivity contribution in [3.8, 4) is 12.8 Å². The summed E-state index contributed by atoms with van der Waals surface area (Å²) in [6.45, 7) is 21.8. The van der Waals surface area contributed by atoms with Gasteiger partial charge < -0.3 is 0 Å². The van der Waals surface area contributed by atoms with Crippen LogP contribution in [-0.2, 0) is 6.42 Å². The second-order valence-electron chi connectivity index (χ2n) is 9.31. The molecule has 190 valence electrons. The zero-order valence-corrected chi connectivity index (χ0v) is 24.3. The Morgan fingerprint density at radius 3 is 1.97 bits per heavy atom. The zero-order chi connectivity index (χ0) is 26.7. The van der Waals surface area contributed by atoms with Crippen LogP contribution in [0.5, 0.6) is 0 Å². The lowest BCUT2D eigenvalue weighted by molar-refractivity contribution is 0.739. The van der Waals surface area contributed by atoms with E-state index in [9.17, 15) is 0 Å². The summed E-state index contributed by atoms with van der Waals surface area (Å²) in [5.41, 5.74) is 15.2. The molecule has 2 aliphatic carbocycles. The molecule has 0 amide bonds. The van der Waals surface area contributed by atoms with Gasteiger partial charge in [0.25, 0.3) is 0 Å². The fourth-order valence-corrected chi connectivity index (χ4v) is 5.28. The molecule has 1 saturated carbocycles. The highest BCUT2D eigenvalue weighted by Crippen LogP contribution is 2.55. The largest absolute Gasteiger partial charge is 0.124 e. The van der Waals surface area contributed by atoms with Crippen molar-refractivity contribution in [2.45, 2.75) is 101 Å². The van der Waals surface area contributed by atoms with Gasteiger partial charge in [0, 0.05) is 0 Å². The predicted octanol–water partition coefficient (Wildman–Crippen LogP) is 10.5. The van der Waals surface area contributed by atoms with E-state index >= 15 is 0 Å². The van der Waals surface area contributed by atoms with E-state index in [1.54, 1.807) is 27.9 Å². The minimum absolute atomic E-state index is 0.753. The van der Waals surface area contributed by atoms with Gasteiger partial charge in [0.1, 0.15) is 0 Å². The smallest absolute Gasteiger partial charge is 0.0108 e. The van der Waals surface area contributed by atoms with E-state index in [1.165, 1.54) is 40.7 Å². The summed E-state index contributed by atoms with van der Waals surface area (Å²) >= 11 is 0. The lowest BCUT2D eigenvalue weighted by Gasteiger charge is -2.29. The number of hydrogen-bond donors (Lipinski definition) is 0. The summed E-state index contributed by atoms with van der Waals surface area (Å²) in [5, 5.41) is 0. The molecule has 2 atom stereocenters. The van der Waals surface area contributed by atoms with Crippen molar-refractivity contribution in [2.75, 3.05) is 0 Å². The van der Waals surface area contributed by atoms with Gasteiger partial charge in [0.15, 0.2) is 0 Å². The van der Waals surface area contributed by atoms with Crippen LogP contribution < -0.4 is 0 Å². The molecule has 0 heteroatoms. The average molecular weight is 471 g/mol. The molecule has 2 aliphatic rings. The third-order valence-electron chi connectivity index (χ3n) is 7.54. The molecule has 0 bridgehead atoms. The lowest BCUT2D eigenvalue weighted by Crippen LogP contribution is -2.11. The van der Waals surface area contributed by atoms with Gasteiger partial charge >= 0.3 is 0 Å². The van der Waals surface area contributed by atoms with Gasteiger partial charge in [-0.1, -0.05) is 95.5 Å². The first-order chi connectivity index (χ1) is 17.0. The van der Waals surface area contributed by atoms with E-state index in [4.69, 9.17) is 0 Å². The quantitative estimate of drug-likeness (QED) is 0.381. The predicted molar refractivity (Wildman–Crippen MR) is 160 cm³/mol. The summed E-state index contributed by atoms with van der Waals surface area (Å²) in [7, 11) is 0. The summed E-state index contributed by atoms with van der Waals surface area (Å²) in [6.07, 6.45) is 14.1. The Morgan fingerprint density at radius 2 is 1.46 bits per heavy atom. The Labute approximate surface area is 218 Å². The number of hydrogen-bond acceptors (Lipinski definition) is 0. The topological polar surface area (TPSA) is 0 Å². The van der Waals surface area contributed by atoms with Gasteiger partial charge in [-0.25, -0.2) is 0 Å². The van der Waals surface area contributed by atoms with Gasteiger partial charge in [-0.15, -0.1) is 12.8 Å². The molecule has 0 heterocycles. The molecule has 0 N–H and O–H groups in total. The highest BCUT2D eigenvalue weighted by atomic mass is 14.5. The van der Waals surface area contributed by atoms with E-state index in [0.29, 0.717) is 0 Å². The van der Waals surface area contributed by atoms with Crippen LogP contribution in [0.25, 0.3) is 11.1 Å². The average Bonchev–Trinajstić information content (AvgIpc) is 3.70. The fraction of sp³-hybridized carbons (Fsp3) is 0.486. The van der Waals surface area contributed by atoms with Gasteiger partial charge in [0.2, 0.25) is 0 Å². The molecule has 0 aliphatic heterocycles. The van der Waals surface area contributed by atoms with Crippen molar-refractivity contribution in [3.63, 3.8) is 0 Å². The van der Waals surface area contributed by atoms with Crippen LogP contribution in [0.3, 0.4) is 0 Å². The first-order valence-electron chi connectivity index (χ1n) is 13.9. The number of benzene rings is 2. The summed E-state index contributed by atoms with van der Waals surface area (Å²) < 4.78 is 0. The van der Waals surface area contributed by atoms with Crippen LogP contribution in [0, 0.1) is 45.5 Å². The van der Waals surface area contributed by atoms with Crippen molar-refractivity contribution in [1.82, 2.24) is 0 Å². The third-order valence-corrected chi connectivity index (χ3v) is 7.54. The maximum absolute atomic E-state index is 4.00. The van der Waals surface area contributed by atoms with Crippen molar-refractivity contribution >= 4 is 11.1 Å². The monoisotopic (exact) mass is 470 g/mol.